The average molecular weight is 275 g/mol. The Morgan fingerprint density at radius 3 is 2.33 bits per heavy atom. The number of rotatable bonds is 3. The van der Waals surface area contributed by atoms with Crippen molar-refractivity contribution in [2.45, 2.75) is 51.4 Å². The molecule has 2 N–H and O–H groups in total. The highest BCUT2D eigenvalue weighted by atomic mass is 35.5. The summed E-state index contributed by atoms with van der Waals surface area (Å²) in [4.78, 5) is 11.9. The lowest BCUT2D eigenvalue weighted by atomic mass is 9.91. The maximum atomic E-state index is 11.9. The van der Waals surface area contributed by atoms with Gasteiger partial charge < -0.3 is 10.6 Å². The molecule has 1 amide bonds. The Balaban J connectivity index is 0.00000162. The number of carbonyl (C=O) groups is 1. The normalized spacial score (nSPS) is 25.9. The molecule has 0 aromatic carbocycles. The zero-order chi connectivity index (χ0) is 11.9. The number of carbonyl (C=O) groups excluding carboxylic acids is 1. The first-order valence-corrected chi connectivity index (χ1v) is 7.34. The molecule has 1 unspecified atom stereocenters. The average Bonchev–Trinajstić information content (AvgIpc) is 2.80. The van der Waals surface area contributed by atoms with Gasteiger partial charge in [-0.05, 0) is 31.7 Å². The first kappa shape index (κ1) is 15.8. The molecule has 2 fully saturated rings. The molecule has 18 heavy (non-hydrogen) atoms. The maximum absolute atomic E-state index is 11.9. The van der Waals surface area contributed by atoms with Crippen LogP contribution in [0, 0.1) is 11.8 Å². The summed E-state index contributed by atoms with van der Waals surface area (Å²) >= 11 is 0. The van der Waals surface area contributed by atoms with Crippen LogP contribution >= 0.6 is 12.4 Å². The van der Waals surface area contributed by atoms with E-state index in [1.807, 2.05) is 0 Å². The molecular weight excluding hydrogens is 248 g/mol. The van der Waals surface area contributed by atoms with Gasteiger partial charge in [-0.25, -0.2) is 0 Å². The molecule has 106 valence electrons. The van der Waals surface area contributed by atoms with Gasteiger partial charge in [0, 0.05) is 13.1 Å². The molecule has 1 aliphatic carbocycles. The molecule has 3 nitrogen and oxygen atoms in total. The van der Waals surface area contributed by atoms with Crippen molar-refractivity contribution >= 4 is 18.3 Å². The van der Waals surface area contributed by atoms with E-state index >= 15 is 0 Å². The molecule has 4 heteroatoms. The van der Waals surface area contributed by atoms with Crippen LogP contribution in [0.5, 0.6) is 0 Å². The second kappa shape index (κ2) is 8.76. The van der Waals surface area contributed by atoms with Crippen molar-refractivity contribution in [3.05, 3.63) is 0 Å². The summed E-state index contributed by atoms with van der Waals surface area (Å²) in [6, 6.07) is 0. The Bertz CT molecular complexity index is 234. The predicted molar refractivity (Wildman–Crippen MR) is 77.0 cm³/mol. The standard InChI is InChI=1S/C14H26N2O.ClH/c17-14(13-8-9-15-11-13)16-10-12-6-4-2-1-3-5-7-12;/h12-13,15H,1-11H2,(H,16,17);1H. The van der Waals surface area contributed by atoms with Gasteiger partial charge in [-0.3, -0.25) is 4.79 Å². The molecule has 0 spiro atoms. The number of amides is 1. The fourth-order valence-electron chi connectivity index (χ4n) is 3.01. The fraction of sp³-hybridized carbons (Fsp3) is 0.929. The minimum absolute atomic E-state index is 0. The van der Waals surface area contributed by atoms with Crippen molar-refractivity contribution in [2.75, 3.05) is 19.6 Å². The van der Waals surface area contributed by atoms with Crippen molar-refractivity contribution in [3.8, 4) is 0 Å². The lowest BCUT2D eigenvalue weighted by Gasteiger charge is -2.20. The van der Waals surface area contributed by atoms with Gasteiger partial charge in [0.2, 0.25) is 5.91 Å². The lowest BCUT2D eigenvalue weighted by Crippen LogP contribution is -2.35. The third-order valence-corrected chi connectivity index (χ3v) is 4.22. The molecule has 2 rings (SSSR count). The molecule has 0 aromatic heterocycles. The van der Waals surface area contributed by atoms with Crippen molar-refractivity contribution in [2.24, 2.45) is 11.8 Å². The smallest absolute Gasteiger partial charge is 0.224 e. The summed E-state index contributed by atoms with van der Waals surface area (Å²) in [5.41, 5.74) is 0. The lowest BCUT2D eigenvalue weighted by molar-refractivity contribution is -0.124. The molecule has 1 heterocycles. The second-order valence-electron chi connectivity index (χ2n) is 5.65. The van der Waals surface area contributed by atoms with E-state index in [0.717, 1.165) is 32.0 Å². The molecule has 0 aromatic rings. The van der Waals surface area contributed by atoms with E-state index in [9.17, 15) is 4.79 Å². The molecule has 1 saturated heterocycles. The SMILES string of the molecule is Cl.O=C(NCC1CCCCCCC1)C1CCNC1. The molecule has 0 radical (unpaired) electrons. The predicted octanol–water partition coefficient (Wildman–Crippen LogP) is 2.49. The molecule has 2 aliphatic rings. The Kier molecular flexibility index (Phi) is 7.68. The van der Waals surface area contributed by atoms with Gasteiger partial charge in [-0.15, -0.1) is 12.4 Å². The van der Waals surface area contributed by atoms with Crippen LogP contribution in [0.1, 0.15) is 51.4 Å². The van der Waals surface area contributed by atoms with E-state index in [1.165, 1.54) is 44.9 Å². The van der Waals surface area contributed by atoms with E-state index in [4.69, 9.17) is 0 Å². The first-order chi connectivity index (χ1) is 8.36. The van der Waals surface area contributed by atoms with Gasteiger partial charge in [0.1, 0.15) is 0 Å². The molecule has 1 saturated carbocycles. The second-order valence-corrected chi connectivity index (χ2v) is 5.65. The highest BCUT2D eigenvalue weighted by molar-refractivity contribution is 5.85. The minimum Gasteiger partial charge on any atom is -0.356 e. The molecule has 1 aliphatic heterocycles. The highest BCUT2D eigenvalue weighted by Crippen LogP contribution is 2.21. The number of hydrogen-bond donors (Lipinski definition) is 2. The molecule has 0 bridgehead atoms. The Morgan fingerprint density at radius 2 is 1.72 bits per heavy atom. The van der Waals surface area contributed by atoms with Gasteiger partial charge in [-0.1, -0.05) is 32.1 Å². The van der Waals surface area contributed by atoms with Crippen molar-refractivity contribution in [1.82, 2.24) is 10.6 Å². The maximum Gasteiger partial charge on any atom is 0.224 e. The van der Waals surface area contributed by atoms with Gasteiger partial charge in [-0.2, -0.15) is 0 Å². The topological polar surface area (TPSA) is 41.1 Å². The highest BCUT2D eigenvalue weighted by Gasteiger charge is 2.22. The van der Waals surface area contributed by atoms with Crippen LogP contribution in [0.3, 0.4) is 0 Å². The Hall–Kier alpha value is -0.280. The van der Waals surface area contributed by atoms with Crippen molar-refractivity contribution < 1.29 is 4.79 Å². The fourth-order valence-corrected chi connectivity index (χ4v) is 3.01. The number of nitrogens with one attached hydrogen (secondary N) is 2. The summed E-state index contributed by atoms with van der Waals surface area (Å²) in [7, 11) is 0. The summed E-state index contributed by atoms with van der Waals surface area (Å²) in [6.07, 6.45) is 10.5. The van der Waals surface area contributed by atoms with E-state index in [2.05, 4.69) is 10.6 Å². The van der Waals surface area contributed by atoms with Crippen LogP contribution in [0.25, 0.3) is 0 Å². The van der Waals surface area contributed by atoms with Crippen LogP contribution in [0.2, 0.25) is 0 Å². The molecule has 1 atom stereocenters. The summed E-state index contributed by atoms with van der Waals surface area (Å²) < 4.78 is 0. The van der Waals surface area contributed by atoms with Crippen LogP contribution in [-0.2, 0) is 4.79 Å². The summed E-state index contributed by atoms with van der Waals surface area (Å²) in [6.45, 7) is 2.79. The van der Waals surface area contributed by atoms with Crippen LogP contribution in [0.15, 0.2) is 0 Å². The van der Waals surface area contributed by atoms with Gasteiger partial charge in [0.15, 0.2) is 0 Å². The summed E-state index contributed by atoms with van der Waals surface area (Å²) in [5, 5.41) is 6.41. The third-order valence-electron chi connectivity index (χ3n) is 4.22. The van der Waals surface area contributed by atoms with Crippen molar-refractivity contribution in [1.29, 1.82) is 0 Å². The zero-order valence-electron chi connectivity index (χ0n) is 11.2. The number of hydrogen-bond acceptors (Lipinski definition) is 2. The Morgan fingerprint density at radius 1 is 1.06 bits per heavy atom. The largest absolute Gasteiger partial charge is 0.356 e. The Labute approximate surface area is 117 Å². The minimum atomic E-state index is 0. The van der Waals surface area contributed by atoms with Crippen LogP contribution in [-0.4, -0.2) is 25.5 Å². The quantitative estimate of drug-likeness (QED) is 0.830. The van der Waals surface area contributed by atoms with E-state index in [0.29, 0.717) is 0 Å². The van der Waals surface area contributed by atoms with Crippen LogP contribution in [0.4, 0.5) is 0 Å². The van der Waals surface area contributed by atoms with E-state index < -0.39 is 0 Å². The molecular formula is C14H27ClN2O. The van der Waals surface area contributed by atoms with Gasteiger partial charge >= 0.3 is 0 Å². The van der Waals surface area contributed by atoms with Crippen LogP contribution < -0.4 is 10.6 Å². The van der Waals surface area contributed by atoms with Gasteiger partial charge in [0.25, 0.3) is 0 Å². The zero-order valence-corrected chi connectivity index (χ0v) is 12.1. The summed E-state index contributed by atoms with van der Waals surface area (Å²) in [5.74, 6) is 1.23. The van der Waals surface area contributed by atoms with Crippen molar-refractivity contribution in [3.63, 3.8) is 0 Å². The third kappa shape index (κ3) is 5.15. The van der Waals surface area contributed by atoms with E-state index in [-0.39, 0.29) is 24.2 Å². The first-order valence-electron chi connectivity index (χ1n) is 7.34. The van der Waals surface area contributed by atoms with E-state index in [1.54, 1.807) is 0 Å². The van der Waals surface area contributed by atoms with Gasteiger partial charge in [0.05, 0.1) is 5.92 Å². The number of halogens is 1. The monoisotopic (exact) mass is 274 g/mol.